The number of pyridine rings is 1. The van der Waals surface area contributed by atoms with Crippen LogP contribution in [0.5, 0.6) is 5.88 Å². The minimum absolute atomic E-state index is 0.102. The van der Waals surface area contributed by atoms with E-state index in [0.717, 1.165) is 18.5 Å². The molecule has 2 aliphatic heterocycles. The standard InChI is InChI=1S/C20H28ClN7O4S/c1-2-5-24-33(30,31)28-10-8-26(9-11-28)15-3-6-22-18(12-15)32-16-4-7-27(14-16)17-13-23-25-20(29)19(17)21/h3,6,12-13,16,24H,2,4-5,7-11,14H2,1H3,(H,25,29)/t16-/m1/s1. The largest absolute Gasteiger partial charge is 0.472 e. The molecule has 4 heterocycles. The molecule has 33 heavy (non-hydrogen) atoms. The molecule has 0 unspecified atom stereocenters. The van der Waals surface area contributed by atoms with E-state index in [2.05, 4.69) is 24.8 Å². The molecule has 4 rings (SSSR count). The summed E-state index contributed by atoms with van der Waals surface area (Å²) < 4.78 is 34.9. The number of H-pyrrole nitrogens is 1. The monoisotopic (exact) mass is 497 g/mol. The first-order valence-electron chi connectivity index (χ1n) is 11.0. The predicted molar refractivity (Wildman–Crippen MR) is 126 cm³/mol. The highest BCUT2D eigenvalue weighted by molar-refractivity contribution is 7.87. The van der Waals surface area contributed by atoms with Crippen molar-refractivity contribution in [1.29, 1.82) is 0 Å². The topological polar surface area (TPSA) is 124 Å². The summed E-state index contributed by atoms with van der Waals surface area (Å²) in [5.41, 5.74) is 1.12. The third kappa shape index (κ3) is 5.57. The van der Waals surface area contributed by atoms with Crippen molar-refractivity contribution in [1.82, 2.24) is 24.2 Å². The molecule has 13 heteroatoms. The summed E-state index contributed by atoms with van der Waals surface area (Å²) in [4.78, 5) is 20.2. The molecule has 2 fully saturated rings. The number of nitrogens with zero attached hydrogens (tertiary/aromatic N) is 5. The van der Waals surface area contributed by atoms with E-state index in [1.807, 2.05) is 24.0 Å². The van der Waals surface area contributed by atoms with Crippen molar-refractivity contribution in [3.8, 4) is 5.88 Å². The van der Waals surface area contributed by atoms with Gasteiger partial charge in [0.15, 0.2) is 0 Å². The highest BCUT2D eigenvalue weighted by Crippen LogP contribution is 2.27. The zero-order chi connectivity index (χ0) is 23.4. The van der Waals surface area contributed by atoms with E-state index in [-0.39, 0.29) is 11.1 Å². The van der Waals surface area contributed by atoms with E-state index in [1.54, 1.807) is 12.4 Å². The smallest absolute Gasteiger partial charge is 0.285 e. The van der Waals surface area contributed by atoms with Crippen molar-refractivity contribution in [2.24, 2.45) is 0 Å². The van der Waals surface area contributed by atoms with Crippen LogP contribution in [0.2, 0.25) is 5.02 Å². The molecule has 0 spiro atoms. The van der Waals surface area contributed by atoms with Gasteiger partial charge in [0.2, 0.25) is 5.88 Å². The minimum atomic E-state index is -3.43. The highest BCUT2D eigenvalue weighted by Gasteiger charge is 2.28. The van der Waals surface area contributed by atoms with Gasteiger partial charge < -0.3 is 14.5 Å². The van der Waals surface area contributed by atoms with Crippen LogP contribution in [0.25, 0.3) is 0 Å². The Bertz CT molecular complexity index is 1120. The Balaban J connectivity index is 1.34. The van der Waals surface area contributed by atoms with Crippen LogP contribution in [-0.2, 0) is 10.2 Å². The molecule has 0 amide bonds. The number of aromatic nitrogens is 3. The van der Waals surface area contributed by atoms with Crippen molar-refractivity contribution < 1.29 is 13.2 Å². The molecule has 11 nitrogen and oxygen atoms in total. The molecule has 2 N–H and O–H groups in total. The van der Waals surface area contributed by atoms with Crippen LogP contribution in [0.3, 0.4) is 0 Å². The maximum absolute atomic E-state index is 12.3. The first kappa shape index (κ1) is 23.7. The molecular weight excluding hydrogens is 470 g/mol. The molecule has 0 aromatic carbocycles. The molecule has 0 saturated carbocycles. The normalized spacial score (nSPS) is 19.8. The lowest BCUT2D eigenvalue weighted by Gasteiger charge is -2.35. The minimum Gasteiger partial charge on any atom is -0.472 e. The van der Waals surface area contributed by atoms with Crippen LogP contribution in [-0.4, -0.2) is 79.8 Å². The van der Waals surface area contributed by atoms with Gasteiger partial charge in [0.1, 0.15) is 11.1 Å². The molecule has 0 bridgehead atoms. The molecule has 0 aliphatic carbocycles. The quantitative estimate of drug-likeness (QED) is 0.550. The van der Waals surface area contributed by atoms with E-state index in [0.29, 0.717) is 57.4 Å². The summed E-state index contributed by atoms with van der Waals surface area (Å²) in [6, 6.07) is 3.78. The molecule has 180 valence electrons. The zero-order valence-corrected chi connectivity index (χ0v) is 20.0. The maximum Gasteiger partial charge on any atom is 0.285 e. The number of halogens is 1. The van der Waals surface area contributed by atoms with Gasteiger partial charge in [0, 0.05) is 63.6 Å². The van der Waals surface area contributed by atoms with E-state index in [4.69, 9.17) is 16.3 Å². The molecule has 2 aliphatic rings. The Hall–Kier alpha value is -2.41. The fourth-order valence-corrected chi connectivity index (χ4v) is 5.48. The molecular formula is C20H28ClN7O4S. The highest BCUT2D eigenvalue weighted by atomic mass is 35.5. The Labute approximate surface area is 197 Å². The summed E-state index contributed by atoms with van der Waals surface area (Å²) in [7, 11) is -3.43. The number of ether oxygens (including phenoxy) is 1. The van der Waals surface area contributed by atoms with Crippen LogP contribution in [0.15, 0.2) is 29.3 Å². The summed E-state index contributed by atoms with van der Waals surface area (Å²) in [5, 5.41) is 6.27. The number of rotatable bonds is 8. The summed E-state index contributed by atoms with van der Waals surface area (Å²) >= 11 is 6.12. The lowest BCUT2D eigenvalue weighted by atomic mass is 10.3. The predicted octanol–water partition coefficient (Wildman–Crippen LogP) is 0.842. The van der Waals surface area contributed by atoms with Crippen molar-refractivity contribution >= 4 is 33.2 Å². The Morgan fingerprint density at radius 1 is 1.24 bits per heavy atom. The van der Waals surface area contributed by atoms with Gasteiger partial charge in [-0.15, -0.1) is 0 Å². The Kier molecular flexibility index (Phi) is 7.37. The van der Waals surface area contributed by atoms with Gasteiger partial charge >= 0.3 is 0 Å². The second kappa shape index (κ2) is 10.2. The van der Waals surface area contributed by atoms with Crippen LogP contribution in [0.4, 0.5) is 11.4 Å². The van der Waals surface area contributed by atoms with E-state index < -0.39 is 15.8 Å². The van der Waals surface area contributed by atoms with Crippen molar-refractivity contribution in [3.63, 3.8) is 0 Å². The van der Waals surface area contributed by atoms with Crippen LogP contribution >= 0.6 is 11.6 Å². The molecule has 2 aromatic heterocycles. The van der Waals surface area contributed by atoms with Gasteiger partial charge in [-0.05, 0) is 12.5 Å². The Morgan fingerprint density at radius 3 is 2.79 bits per heavy atom. The van der Waals surface area contributed by atoms with Crippen molar-refractivity contribution in [2.75, 3.05) is 55.6 Å². The number of hydrogen-bond donors (Lipinski definition) is 2. The molecule has 2 saturated heterocycles. The zero-order valence-electron chi connectivity index (χ0n) is 18.4. The Morgan fingerprint density at radius 2 is 2.03 bits per heavy atom. The fraction of sp³-hybridized carbons (Fsp3) is 0.550. The van der Waals surface area contributed by atoms with Gasteiger partial charge in [-0.2, -0.15) is 17.8 Å². The van der Waals surface area contributed by atoms with Crippen molar-refractivity contribution in [3.05, 3.63) is 39.9 Å². The maximum atomic E-state index is 12.3. The molecule has 1 atom stereocenters. The van der Waals surface area contributed by atoms with Crippen LogP contribution in [0, 0.1) is 0 Å². The van der Waals surface area contributed by atoms with E-state index >= 15 is 0 Å². The number of aromatic amines is 1. The fourth-order valence-electron chi connectivity index (χ4n) is 3.98. The number of nitrogens with one attached hydrogen (secondary N) is 2. The number of anilines is 2. The van der Waals surface area contributed by atoms with Gasteiger partial charge in [0.25, 0.3) is 15.8 Å². The van der Waals surface area contributed by atoms with Crippen molar-refractivity contribution in [2.45, 2.75) is 25.9 Å². The lowest BCUT2D eigenvalue weighted by Crippen LogP contribution is -2.52. The number of hydrogen-bond acceptors (Lipinski definition) is 8. The van der Waals surface area contributed by atoms with Crippen LogP contribution < -0.4 is 24.8 Å². The van der Waals surface area contributed by atoms with Gasteiger partial charge in [-0.1, -0.05) is 18.5 Å². The third-order valence-electron chi connectivity index (χ3n) is 5.75. The summed E-state index contributed by atoms with van der Waals surface area (Å²) in [6.07, 6.45) is 4.65. The van der Waals surface area contributed by atoms with Gasteiger partial charge in [-0.3, -0.25) is 4.79 Å². The first-order valence-corrected chi connectivity index (χ1v) is 12.8. The number of piperazine rings is 1. The third-order valence-corrected chi connectivity index (χ3v) is 7.73. The van der Waals surface area contributed by atoms with Gasteiger partial charge in [0.05, 0.1) is 18.4 Å². The van der Waals surface area contributed by atoms with E-state index in [1.165, 1.54) is 4.31 Å². The second-order valence-electron chi connectivity index (χ2n) is 8.01. The second-order valence-corrected chi connectivity index (χ2v) is 10.1. The molecule has 2 aromatic rings. The summed E-state index contributed by atoms with van der Waals surface area (Å²) in [6.45, 7) is 5.64. The van der Waals surface area contributed by atoms with E-state index in [9.17, 15) is 13.2 Å². The first-order chi connectivity index (χ1) is 15.9. The molecule has 0 radical (unpaired) electrons. The summed E-state index contributed by atoms with van der Waals surface area (Å²) in [5.74, 6) is 0.508. The average Bonchev–Trinajstić information content (AvgIpc) is 3.28. The lowest BCUT2D eigenvalue weighted by molar-refractivity contribution is 0.216. The SMILES string of the molecule is CCCNS(=O)(=O)N1CCN(c2ccnc(O[C@@H]3CCN(c4cn[nH]c(=O)c4Cl)C3)c2)CC1. The average molecular weight is 498 g/mol. The van der Waals surface area contributed by atoms with Crippen LogP contribution in [0.1, 0.15) is 19.8 Å². The van der Waals surface area contributed by atoms with Gasteiger partial charge in [-0.25, -0.2) is 14.8 Å².